The van der Waals surface area contributed by atoms with Crippen LogP contribution in [0.25, 0.3) is 0 Å². The Hall–Kier alpha value is -1.43. The first-order chi connectivity index (χ1) is 9.22. The second kappa shape index (κ2) is 5.16. The summed E-state index contributed by atoms with van der Waals surface area (Å²) in [5.74, 6) is -0.853. The van der Waals surface area contributed by atoms with Crippen molar-refractivity contribution >= 4 is 33.4 Å². The van der Waals surface area contributed by atoms with E-state index in [0.29, 0.717) is 10.2 Å². The van der Waals surface area contributed by atoms with Gasteiger partial charge >= 0.3 is 0 Å². The average molecular weight is 343 g/mol. The lowest BCUT2D eigenvalue weighted by Gasteiger charge is -2.30. The standard InChI is InChI=1S/C14H16BrFN2O2/c1-8-6-9(15)10(16)7-11(8)18-5-4-12(19)17-14(2,3)13(18)20/h6-7H,4-5H2,1-3H3,(H,17,19). The number of rotatable bonds is 1. The number of hydrogen-bond donors (Lipinski definition) is 1. The molecule has 1 aliphatic heterocycles. The molecule has 1 aromatic rings. The molecule has 20 heavy (non-hydrogen) atoms. The van der Waals surface area contributed by atoms with E-state index in [1.165, 1.54) is 11.0 Å². The molecule has 1 heterocycles. The first-order valence-corrected chi connectivity index (χ1v) is 7.10. The van der Waals surface area contributed by atoms with Gasteiger partial charge in [0.1, 0.15) is 11.4 Å². The van der Waals surface area contributed by atoms with E-state index in [2.05, 4.69) is 21.2 Å². The third-order valence-electron chi connectivity index (χ3n) is 3.32. The minimum atomic E-state index is -0.996. The lowest BCUT2D eigenvalue weighted by Crippen LogP contribution is -2.53. The molecule has 1 fully saturated rings. The topological polar surface area (TPSA) is 49.4 Å². The van der Waals surface area contributed by atoms with Crippen LogP contribution >= 0.6 is 15.9 Å². The fourth-order valence-electron chi connectivity index (χ4n) is 2.27. The zero-order valence-electron chi connectivity index (χ0n) is 11.6. The normalized spacial score (nSPS) is 18.8. The monoisotopic (exact) mass is 342 g/mol. The van der Waals surface area contributed by atoms with E-state index < -0.39 is 11.4 Å². The summed E-state index contributed by atoms with van der Waals surface area (Å²) in [6.45, 7) is 5.35. The third-order valence-corrected chi connectivity index (χ3v) is 3.93. The van der Waals surface area contributed by atoms with Crippen molar-refractivity contribution in [1.29, 1.82) is 0 Å². The van der Waals surface area contributed by atoms with Crippen LogP contribution < -0.4 is 10.2 Å². The zero-order chi connectivity index (χ0) is 15.1. The van der Waals surface area contributed by atoms with Crippen LogP contribution in [0.2, 0.25) is 0 Å². The molecular weight excluding hydrogens is 327 g/mol. The Bertz CT molecular complexity index is 587. The number of halogens is 2. The van der Waals surface area contributed by atoms with Crippen molar-refractivity contribution in [3.63, 3.8) is 0 Å². The van der Waals surface area contributed by atoms with E-state index in [-0.39, 0.29) is 24.8 Å². The molecule has 0 aromatic heterocycles. The van der Waals surface area contributed by atoms with Crippen LogP contribution in [0.4, 0.5) is 10.1 Å². The number of benzene rings is 1. The van der Waals surface area contributed by atoms with E-state index in [0.717, 1.165) is 5.56 Å². The SMILES string of the molecule is Cc1cc(Br)c(F)cc1N1CCC(=O)NC(C)(C)C1=O. The minimum absolute atomic E-state index is 0.180. The van der Waals surface area contributed by atoms with Crippen molar-refractivity contribution in [3.05, 3.63) is 28.0 Å². The Balaban J connectivity index is 2.48. The van der Waals surface area contributed by atoms with Crippen LogP contribution in [0.3, 0.4) is 0 Å². The number of nitrogens with zero attached hydrogens (tertiary/aromatic N) is 1. The van der Waals surface area contributed by atoms with Crippen LogP contribution in [0.15, 0.2) is 16.6 Å². The van der Waals surface area contributed by atoms with E-state index in [1.807, 2.05) is 0 Å². The summed E-state index contributed by atoms with van der Waals surface area (Å²) in [6.07, 6.45) is 0.201. The van der Waals surface area contributed by atoms with Crippen molar-refractivity contribution < 1.29 is 14.0 Å². The van der Waals surface area contributed by atoms with Crippen LogP contribution in [0.1, 0.15) is 25.8 Å². The molecule has 1 aromatic carbocycles. The van der Waals surface area contributed by atoms with Crippen LogP contribution in [0.5, 0.6) is 0 Å². The summed E-state index contributed by atoms with van der Waals surface area (Å²) in [4.78, 5) is 25.7. The molecule has 2 rings (SSSR count). The highest BCUT2D eigenvalue weighted by atomic mass is 79.9. The first kappa shape index (κ1) is 15.0. The van der Waals surface area contributed by atoms with Crippen molar-refractivity contribution in [2.45, 2.75) is 32.7 Å². The highest BCUT2D eigenvalue weighted by Crippen LogP contribution is 2.29. The molecule has 1 aliphatic rings. The summed E-state index contributed by atoms with van der Waals surface area (Å²) in [5.41, 5.74) is 0.279. The van der Waals surface area contributed by atoms with Gasteiger partial charge in [-0.15, -0.1) is 0 Å². The Morgan fingerprint density at radius 3 is 2.65 bits per heavy atom. The number of anilines is 1. The van der Waals surface area contributed by atoms with E-state index in [4.69, 9.17) is 0 Å². The number of amides is 2. The van der Waals surface area contributed by atoms with Crippen LogP contribution in [0, 0.1) is 12.7 Å². The number of nitrogens with one attached hydrogen (secondary N) is 1. The van der Waals surface area contributed by atoms with Crippen molar-refractivity contribution in [2.75, 3.05) is 11.4 Å². The van der Waals surface area contributed by atoms with Gasteiger partial charge in [-0.3, -0.25) is 9.59 Å². The zero-order valence-corrected chi connectivity index (χ0v) is 13.2. The van der Waals surface area contributed by atoms with Gasteiger partial charge in [0, 0.05) is 18.7 Å². The molecule has 0 spiro atoms. The molecule has 4 nitrogen and oxygen atoms in total. The van der Waals surface area contributed by atoms with Crippen molar-refractivity contribution in [3.8, 4) is 0 Å². The van der Waals surface area contributed by atoms with Crippen LogP contribution in [-0.4, -0.2) is 23.9 Å². The van der Waals surface area contributed by atoms with Gasteiger partial charge in [0.15, 0.2) is 0 Å². The summed E-state index contributed by atoms with van der Waals surface area (Å²) < 4.78 is 14.1. The molecule has 0 unspecified atom stereocenters. The largest absolute Gasteiger partial charge is 0.342 e. The predicted octanol–water partition coefficient (Wildman–Crippen LogP) is 2.53. The highest BCUT2D eigenvalue weighted by molar-refractivity contribution is 9.10. The van der Waals surface area contributed by atoms with E-state index in [9.17, 15) is 14.0 Å². The fourth-order valence-corrected chi connectivity index (χ4v) is 2.73. The second-order valence-corrected chi connectivity index (χ2v) is 6.29. The van der Waals surface area contributed by atoms with Gasteiger partial charge in [-0.2, -0.15) is 0 Å². The molecule has 1 saturated heterocycles. The molecule has 1 N–H and O–H groups in total. The molecule has 0 aliphatic carbocycles. The van der Waals surface area contributed by atoms with E-state index >= 15 is 0 Å². The molecule has 0 saturated carbocycles. The lowest BCUT2D eigenvalue weighted by molar-refractivity contribution is -0.128. The predicted molar refractivity (Wildman–Crippen MR) is 78.0 cm³/mol. The fraction of sp³-hybridized carbons (Fsp3) is 0.429. The van der Waals surface area contributed by atoms with Crippen molar-refractivity contribution in [2.24, 2.45) is 0 Å². The summed E-state index contributed by atoms with van der Waals surface area (Å²) >= 11 is 3.12. The Kier molecular flexibility index (Phi) is 3.86. The van der Waals surface area contributed by atoms with Gasteiger partial charge in [-0.1, -0.05) is 0 Å². The third kappa shape index (κ3) is 2.70. The van der Waals surface area contributed by atoms with Gasteiger partial charge < -0.3 is 10.2 Å². The van der Waals surface area contributed by atoms with Gasteiger partial charge in [-0.05, 0) is 54.4 Å². The maximum absolute atomic E-state index is 13.7. The first-order valence-electron chi connectivity index (χ1n) is 6.31. The smallest absolute Gasteiger partial charge is 0.252 e. The molecule has 0 atom stereocenters. The number of hydrogen-bond acceptors (Lipinski definition) is 2. The molecule has 0 radical (unpaired) electrons. The number of carbonyl (C=O) groups is 2. The quantitative estimate of drug-likeness (QED) is 0.852. The van der Waals surface area contributed by atoms with Gasteiger partial charge in [-0.25, -0.2) is 4.39 Å². The maximum Gasteiger partial charge on any atom is 0.252 e. The summed E-state index contributed by atoms with van der Waals surface area (Å²) in [7, 11) is 0. The Morgan fingerprint density at radius 2 is 2.00 bits per heavy atom. The molecule has 108 valence electrons. The van der Waals surface area contributed by atoms with Gasteiger partial charge in [0.2, 0.25) is 5.91 Å². The van der Waals surface area contributed by atoms with Crippen molar-refractivity contribution in [1.82, 2.24) is 5.32 Å². The second-order valence-electron chi connectivity index (χ2n) is 5.43. The number of carbonyl (C=O) groups excluding carboxylic acids is 2. The maximum atomic E-state index is 13.7. The lowest BCUT2D eigenvalue weighted by atomic mass is 10.0. The average Bonchev–Trinajstić information content (AvgIpc) is 2.43. The number of aryl methyl sites for hydroxylation is 1. The molecular formula is C14H16BrFN2O2. The Labute approximate surface area is 125 Å². The Morgan fingerprint density at radius 1 is 1.35 bits per heavy atom. The molecule has 2 amide bonds. The highest BCUT2D eigenvalue weighted by Gasteiger charge is 2.37. The summed E-state index contributed by atoms with van der Waals surface area (Å²) in [5, 5.41) is 2.68. The minimum Gasteiger partial charge on any atom is -0.342 e. The molecule has 0 bridgehead atoms. The van der Waals surface area contributed by atoms with E-state index in [1.54, 1.807) is 26.8 Å². The van der Waals surface area contributed by atoms with Gasteiger partial charge in [0.25, 0.3) is 5.91 Å². The van der Waals surface area contributed by atoms with Gasteiger partial charge in [0.05, 0.1) is 4.47 Å². The van der Waals surface area contributed by atoms with Crippen LogP contribution in [-0.2, 0) is 9.59 Å². The summed E-state index contributed by atoms with van der Waals surface area (Å²) in [6, 6.07) is 2.95. The molecule has 6 heteroatoms.